The highest BCUT2D eigenvalue weighted by Gasteiger charge is 2.58. The van der Waals surface area contributed by atoms with Gasteiger partial charge in [-0.2, -0.15) is 0 Å². The molecule has 5 N–H and O–H groups in total. The zero-order valence-electron chi connectivity index (χ0n) is 21.8. The lowest BCUT2D eigenvalue weighted by molar-refractivity contribution is -0.171. The van der Waals surface area contributed by atoms with Gasteiger partial charge in [0.2, 0.25) is 0 Å². The van der Waals surface area contributed by atoms with Gasteiger partial charge in [-0.25, -0.2) is 0 Å². The molecule has 7 nitrogen and oxygen atoms in total. The Morgan fingerprint density at radius 3 is 1.97 bits per heavy atom. The lowest BCUT2D eigenvalue weighted by atomic mass is 9.46. The summed E-state index contributed by atoms with van der Waals surface area (Å²) in [5.41, 5.74) is -2.85. The Morgan fingerprint density at radius 1 is 0.971 bits per heavy atom. The van der Waals surface area contributed by atoms with Crippen LogP contribution in [-0.2, 0) is 0 Å². The number of carbonyl (C=O) groups excluding carboxylic acids is 2. The number of fused-ring (bicyclic) bond motifs is 1. The molecule has 0 amide bonds. The highest BCUT2D eigenvalue weighted by atomic mass is 16.3. The first-order valence-electron chi connectivity index (χ1n) is 12.8. The topological polar surface area (TPSA) is 135 Å². The Hall–Kier alpha value is -2.12. The molecular weight excluding hydrogens is 448 g/mol. The number of carbonyl (C=O) groups is 2. The van der Waals surface area contributed by atoms with Gasteiger partial charge in [-0.15, -0.1) is 0 Å². The summed E-state index contributed by atoms with van der Waals surface area (Å²) in [6.07, 6.45) is 4.53. The van der Waals surface area contributed by atoms with Gasteiger partial charge in [0.1, 0.15) is 17.2 Å². The molecule has 0 saturated heterocycles. The first kappa shape index (κ1) is 27.5. The fraction of sp³-hybridized carbons (Fsp3) is 0.714. The summed E-state index contributed by atoms with van der Waals surface area (Å²) in [4.78, 5) is 23.5. The van der Waals surface area contributed by atoms with Crippen LogP contribution in [0.4, 0.5) is 0 Å². The summed E-state index contributed by atoms with van der Waals surface area (Å²) in [5.74, 6) is -2.10. The van der Waals surface area contributed by atoms with E-state index in [1.54, 1.807) is 0 Å². The molecule has 1 aromatic carbocycles. The van der Waals surface area contributed by atoms with Crippen molar-refractivity contribution in [1.29, 1.82) is 0 Å². The Labute approximate surface area is 208 Å². The fourth-order valence-corrected chi connectivity index (χ4v) is 7.33. The van der Waals surface area contributed by atoms with Crippen LogP contribution in [0.1, 0.15) is 112 Å². The van der Waals surface area contributed by atoms with Crippen LogP contribution >= 0.6 is 0 Å². The van der Waals surface area contributed by atoms with Crippen LogP contribution in [0.15, 0.2) is 0 Å². The molecule has 0 aromatic heterocycles. The van der Waals surface area contributed by atoms with Crippen LogP contribution in [0, 0.1) is 29.1 Å². The molecule has 0 aliphatic heterocycles. The van der Waals surface area contributed by atoms with Crippen molar-refractivity contribution in [2.24, 2.45) is 29.1 Å². The molecule has 1 aromatic rings. The van der Waals surface area contributed by atoms with E-state index in [9.17, 15) is 35.1 Å². The molecule has 7 heteroatoms. The number of aliphatic hydroxyl groups is 2. The largest absolute Gasteiger partial charge is 0.507 e. The Morgan fingerprint density at radius 2 is 1.51 bits per heavy atom. The minimum atomic E-state index is -0.932. The molecule has 0 radical (unpaired) electrons. The number of rotatable bonds is 7. The lowest BCUT2D eigenvalue weighted by Crippen LogP contribution is -2.57. The molecular formula is C28H42O7. The molecule has 2 aliphatic rings. The second kappa shape index (κ2) is 9.40. The molecule has 35 heavy (non-hydrogen) atoms. The minimum absolute atomic E-state index is 0.0353. The molecule has 2 aliphatic carbocycles. The maximum absolute atomic E-state index is 11.7. The van der Waals surface area contributed by atoms with Crippen molar-refractivity contribution < 1.29 is 35.1 Å². The lowest BCUT2D eigenvalue weighted by Gasteiger charge is -2.60. The maximum atomic E-state index is 11.7. The molecule has 2 saturated carbocycles. The summed E-state index contributed by atoms with van der Waals surface area (Å²) in [6.45, 7) is 11.7. The summed E-state index contributed by atoms with van der Waals surface area (Å²) >= 11 is 0. The van der Waals surface area contributed by atoms with Gasteiger partial charge in [-0.05, 0) is 94.3 Å². The van der Waals surface area contributed by atoms with Gasteiger partial charge in [0.25, 0.3) is 0 Å². The van der Waals surface area contributed by atoms with Crippen molar-refractivity contribution in [3.63, 3.8) is 0 Å². The van der Waals surface area contributed by atoms with Crippen molar-refractivity contribution in [1.82, 2.24) is 0 Å². The van der Waals surface area contributed by atoms with Crippen LogP contribution < -0.4 is 0 Å². The monoisotopic (exact) mass is 490 g/mol. The first-order chi connectivity index (χ1) is 16.1. The van der Waals surface area contributed by atoms with Crippen LogP contribution in [0.2, 0.25) is 0 Å². The third-order valence-corrected chi connectivity index (χ3v) is 9.25. The molecule has 6 atom stereocenters. The van der Waals surface area contributed by atoms with E-state index < -0.39 is 45.5 Å². The molecule has 2 fully saturated rings. The highest BCUT2D eigenvalue weighted by molar-refractivity contribution is 5.95. The van der Waals surface area contributed by atoms with Gasteiger partial charge in [0.05, 0.1) is 22.3 Å². The number of aldehydes is 2. The fourth-order valence-electron chi connectivity index (χ4n) is 7.33. The summed E-state index contributed by atoms with van der Waals surface area (Å²) in [7, 11) is 0. The third kappa shape index (κ3) is 4.69. The highest BCUT2D eigenvalue weighted by Crippen LogP contribution is 2.64. The zero-order chi connectivity index (χ0) is 26.5. The Kier molecular flexibility index (Phi) is 7.37. The second-order valence-electron chi connectivity index (χ2n) is 12.4. The second-order valence-corrected chi connectivity index (χ2v) is 12.4. The molecule has 0 spiro atoms. The van der Waals surface area contributed by atoms with Gasteiger partial charge >= 0.3 is 0 Å². The van der Waals surface area contributed by atoms with Gasteiger partial charge in [-0.1, -0.05) is 20.8 Å². The Bertz CT molecular complexity index is 939. The number of phenolic OH excluding ortho intramolecular Hbond substituents is 3. The molecule has 196 valence electrons. The van der Waals surface area contributed by atoms with E-state index in [4.69, 9.17) is 0 Å². The summed E-state index contributed by atoms with van der Waals surface area (Å²) in [6, 6.07) is 0. The van der Waals surface area contributed by atoms with Crippen LogP contribution in [0.5, 0.6) is 17.2 Å². The average Bonchev–Trinajstić information content (AvgIpc) is 2.72. The summed E-state index contributed by atoms with van der Waals surface area (Å²) < 4.78 is 0. The summed E-state index contributed by atoms with van der Waals surface area (Å²) in [5, 5.41) is 54.7. The van der Waals surface area contributed by atoms with Crippen LogP contribution in [0.3, 0.4) is 0 Å². The standard InChI is InChI=1S/C28H42O7/c1-15(2)11-17(22-24(32)18(13-29)23(31)19(14-30)25(22)33)20-8-10-28(6,35)21-12-16(26(3,4)34)7-9-27(20,21)5/h13-17,20-21,31-35H,7-12H2,1-6H3/t16-,17?,20+,21-,27+,28-/m1/s1. The molecule has 3 rings (SSSR count). The van der Waals surface area contributed by atoms with E-state index in [0.29, 0.717) is 38.3 Å². The normalized spacial score (nSPS) is 32.2. The van der Waals surface area contributed by atoms with E-state index in [1.165, 1.54) is 0 Å². The Balaban J connectivity index is 2.20. The van der Waals surface area contributed by atoms with Gasteiger partial charge in [-0.3, -0.25) is 9.59 Å². The van der Waals surface area contributed by atoms with Crippen LogP contribution in [-0.4, -0.2) is 49.3 Å². The SMILES string of the molecule is CC(C)CC(c1c(O)c(C=O)c(O)c(C=O)c1O)[C@@H]1CC[C@@](C)(O)[C@@H]2C[C@H](C(C)(C)O)CC[C@]21C. The quantitative estimate of drug-likeness (QED) is 0.343. The van der Waals surface area contributed by atoms with E-state index in [2.05, 4.69) is 6.92 Å². The van der Waals surface area contributed by atoms with E-state index in [1.807, 2.05) is 34.6 Å². The van der Waals surface area contributed by atoms with Crippen molar-refractivity contribution in [2.75, 3.05) is 0 Å². The average molecular weight is 491 g/mol. The zero-order valence-corrected chi connectivity index (χ0v) is 21.8. The van der Waals surface area contributed by atoms with Crippen LogP contribution in [0.25, 0.3) is 0 Å². The maximum Gasteiger partial charge on any atom is 0.157 e. The molecule has 1 unspecified atom stereocenters. The van der Waals surface area contributed by atoms with Gasteiger partial charge < -0.3 is 25.5 Å². The van der Waals surface area contributed by atoms with Crippen molar-refractivity contribution in [3.8, 4) is 17.2 Å². The number of benzene rings is 1. The number of hydrogen-bond acceptors (Lipinski definition) is 7. The number of phenols is 3. The molecule has 0 heterocycles. The predicted molar refractivity (Wildman–Crippen MR) is 133 cm³/mol. The molecule has 0 bridgehead atoms. The van der Waals surface area contributed by atoms with Gasteiger partial charge in [0.15, 0.2) is 12.6 Å². The van der Waals surface area contributed by atoms with Crippen molar-refractivity contribution in [2.45, 2.75) is 97.2 Å². The number of hydrogen-bond donors (Lipinski definition) is 5. The van der Waals surface area contributed by atoms with Gasteiger partial charge in [0, 0.05) is 5.56 Å². The van der Waals surface area contributed by atoms with E-state index in [0.717, 1.165) is 12.8 Å². The van der Waals surface area contributed by atoms with Crippen molar-refractivity contribution >= 4 is 12.6 Å². The van der Waals surface area contributed by atoms with Crippen molar-refractivity contribution in [3.05, 3.63) is 16.7 Å². The van der Waals surface area contributed by atoms with E-state index >= 15 is 0 Å². The smallest absolute Gasteiger partial charge is 0.157 e. The first-order valence-corrected chi connectivity index (χ1v) is 12.8. The number of aromatic hydroxyl groups is 3. The minimum Gasteiger partial charge on any atom is -0.507 e. The predicted octanol–water partition coefficient (Wildman–Crippen LogP) is 4.91. The third-order valence-electron chi connectivity index (χ3n) is 9.25. The van der Waals surface area contributed by atoms with E-state index in [-0.39, 0.29) is 34.7 Å².